The zero-order valence-electron chi connectivity index (χ0n) is 11.5. The molecule has 0 aromatic carbocycles. The third-order valence-electron chi connectivity index (χ3n) is 4.26. The molecule has 0 spiro atoms. The molecular weight excluding hydrogens is 212 g/mol. The van der Waals surface area contributed by atoms with Gasteiger partial charge in [-0.3, -0.25) is 0 Å². The summed E-state index contributed by atoms with van der Waals surface area (Å²) in [6.07, 6.45) is 5.56. The molecule has 0 saturated carbocycles. The van der Waals surface area contributed by atoms with Crippen LogP contribution in [0.2, 0.25) is 0 Å². The van der Waals surface area contributed by atoms with Gasteiger partial charge in [0.25, 0.3) is 0 Å². The van der Waals surface area contributed by atoms with E-state index in [0.29, 0.717) is 0 Å². The van der Waals surface area contributed by atoms with Crippen LogP contribution in [0.4, 0.5) is 0 Å². The number of likely N-dealkylation sites (tertiary alicyclic amines) is 1. The molecule has 0 radical (unpaired) electrons. The van der Waals surface area contributed by atoms with Gasteiger partial charge in [-0.2, -0.15) is 0 Å². The monoisotopic (exact) mass is 240 g/mol. The average molecular weight is 240 g/mol. The first-order chi connectivity index (χ1) is 8.22. The zero-order chi connectivity index (χ0) is 12.1. The second-order valence-corrected chi connectivity index (χ2v) is 5.98. The fourth-order valence-corrected chi connectivity index (χ4v) is 2.91. The van der Waals surface area contributed by atoms with Gasteiger partial charge in [-0.05, 0) is 38.8 Å². The van der Waals surface area contributed by atoms with Crippen molar-refractivity contribution in [1.29, 1.82) is 0 Å². The Kier molecular flexibility index (Phi) is 4.83. The first kappa shape index (κ1) is 13.3. The smallest absolute Gasteiger partial charge is 0.0902 e. The third kappa shape index (κ3) is 3.94. The lowest BCUT2D eigenvalue weighted by Gasteiger charge is -2.40. The number of nitrogens with zero attached hydrogens (tertiary/aromatic N) is 1. The van der Waals surface area contributed by atoms with E-state index < -0.39 is 0 Å². The maximum Gasteiger partial charge on any atom is 0.0902 e. The van der Waals surface area contributed by atoms with Gasteiger partial charge in [-0.15, -0.1) is 0 Å². The van der Waals surface area contributed by atoms with Gasteiger partial charge in [-0.1, -0.05) is 19.8 Å². The Morgan fingerprint density at radius 1 is 1.29 bits per heavy atom. The molecule has 0 amide bonds. The summed E-state index contributed by atoms with van der Waals surface area (Å²) in [4.78, 5) is 2.57. The minimum atomic E-state index is 0.126. The topological polar surface area (TPSA) is 24.5 Å². The quantitative estimate of drug-likeness (QED) is 0.767. The van der Waals surface area contributed by atoms with Crippen LogP contribution in [0.5, 0.6) is 0 Å². The van der Waals surface area contributed by atoms with Crippen LogP contribution >= 0.6 is 0 Å². The molecule has 2 heterocycles. The molecule has 0 atom stereocenters. The van der Waals surface area contributed by atoms with Crippen molar-refractivity contribution in [3.05, 3.63) is 0 Å². The number of nitrogens with one attached hydrogen (secondary N) is 1. The molecule has 2 aliphatic rings. The molecule has 2 rings (SSSR count). The van der Waals surface area contributed by atoms with Crippen molar-refractivity contribution in [2.45, 2.75) is 45.1 Å². The van der Waals surface area contributed by atoms with Gasteiger partial charge in [0.15, 0.2) is 0 Å². The van der Waals surface area contributed by atoms with Crippen LogP contribution < -0.4 is 5.32 Å². The molecule has 0 unspecified atom stereocenters. The van der Waals surface area contributed by atoms with Gasteiger partial charge >= 0.3 is 0 Å². The van der Waals surface area contributed by atoms with Crippen molar-refractivity contribution in [2.75, 3.05) is 39.3 Å². The lowest BCUT2D eigenvalue weighted by Crippen LogP contribution is -2.59. The highest BCUT2D eigenvalue weighted by Crippen LogP contribution is 2.21. The summed E-state index contributed by atoms with van der Waals surface area (Å²) in [5.74, 6) is 0.991. The maximum absolute atomic E-state index is 5.94. The van der Waals surface area contributed by atoms with E-state index in [2.05, 4.69) is 24.1 Å². The second kappa shape index (κ2) is 6.17. The molecule has 2 fully saturated rings. The van der Waals surface area contributed by atoms with Gasteiger partial charge in [-0.25, -0.2) is 0 Å². The maximum atomic E-state index is 5.94. The average Bonchev–Trinajstić information content (AvgIpc) is 2.30. The first-order valence-corrected chi connectivity index (χ1v) is 7.29. The van der Waals surface area contributed by atoms with E-state index in [1.165, 1.54) is 38.8 Å². The van der Waals surface area contributed by atoms with Gasteiger partial charge in [0.2, 0.25) is 0 Å². The van der Waals surface area contributed by atoms with Crippen molar-refractivity contribution >= 4 is 0 Å². The Labute approximate surface area is 106 Å². The normalized spacial score (nSPS) is 25.8. The largest absolute Gasteiger partial charge is 0.371 e. The highest BCUT2D eigenvalue weighted by atomic mass is 16.5. The van der Waals surface area contributed by atoms with E-state index in [0.717, 1.165) is 32.2 Å². The molecule has 0 aromatic rings. The Balaban J connectivity index is 1.55. The van der Waals surface area contributed by atoms with Crippen LogP contribution in [-0.2, 0) is 4.74 Å². The Bertz CT molecular complexity index is 220. The molecule has 3 nitrogen and oxygen atoms in total. The summed E-state index contributed by atoms with van der Waals surface area (Å²) in [7, 11) is 0. The van der Waals surface area contributed by atoms with Gasteiger partial charge in [0.05, 0.1) is 12.2 Å². The molecule has 17 heavy (non-hydrogen) atoms. The number of piperidine rings is 1. The molecule has 0 aliphatic carbocycles. The first-order valence-electron chi connectivity index (χ1n) is 7.29. The summed E-state index contributed by atoms with van der Waals surface area (Å²) in [5, 5.41) is 3.27. The molecular formula is C14H28N2O. The van der Waals surface area contributed by atoms with Crippen LogP contribution in [0.15, 0.2) is 0 Å². The van der Waals surface area contributed by atoms with Crippen LogP contribution in [-0.4, -0.2) is 49.8 Å². The molecule has 2 aliphatic heterocycles. The Morgan fingerprint density at radius 2 is 2.00 bits per heavy atom. The summed E-state index contributed by atoms with van der Waals surface area (Å²) in [6, 6.07) is 0. The van der Waals surface area contributed by atoms with E-state index in [9.17, 15) is 0 Å². The van der Waals surface area contributed by atoms with Gasteiger partial charge in [0, 0.05) is 19.6 Å². The van der Waals surface area contributed by atoms with E-state index in [4.69, 9.17) is 4.74 Å². The molecule has 1 N–H and O–H groups in total. The minimum absolute atomic E-state index is 0.126. The van der Waals surface area contributed by atoms with E-state index in [1.54, 1.807) is 0 Å². The van der Waals surface area contributed by atoms with Crippen LogP contribution in [0.25, 0.3) is 0 Å². The summed E-state index contributed by atoms with van der Waals surface area (Å²) in [6.45, 7) is 11.1. The van der Waals surface area contributed by atoms with E-state index in [1.807, 2.05) is 0 Å². The molecule has 2 saturated heterocycles. The van der Waals surface area contributed by atoms with Crippen molar-refractivity contribution in [2.24, 2.45) is 5.92 Å². The molecule has 100 valence electrons. The lowest BCUT2D eigenvalue weighted by molar-refractivity contribution is -0.0735. The van der Waals surface area contributed by atoms with E-state index in [-0.39, 0.29) is 5.60 Å². The number of hydrogen-bond donors (Lipinski definition) is 1. The fraction of sp³-hybridized carbons (Fsp3) is 1.00. The second-order valence-electron chi connectivity index (χ2n) is 5.98. The minimum Gasteiger partial charge on any atom is -0.371 e. The number of hydrogen-bond acceptors (Lipinski definition) is 3. The predicted molar refractivity (Wildman–Crippen MR) is 71.3 cm³/mol. The van der Waals surface area contributed by atoms with Crippen LogP contribution in [0, 0.1) is 5.92 Å². The number of ether oxygens (including phenoxy) is 1. The summed E-state index contributed by atoms with van der Waals surface area (Å²) in [5.41, 5.74) is 0.126. The van der Waals surface area contributed by atoms with Crippen LogP contribution in [0.1, 0.15) is 39.5 Å². The van der Waals surface area contributed by atoms with Crippen molar-refractivity contribution in [3.8, 4) is 0 Å². The highest BCUT2D eigenvalue weighted by Gasteiger charge is 2.32. The summed E-state index contributed by atoms with van der Waals surface area (Å²) >= 11 is 0. The zero-order valence-corrected chi connectivity index (χ0v) is 11.5. The van der Waals surface area contributed by atoms with Gasteiger partial charge in [0.1, 0.15) is 0 Å². The van der Waals surface area contributed by atoms with Crippen molar-refractivity contribution < 1.29 is 4.74 Å². The molecule has 0 bridgehead atoms. The van der Waals surface area contributed by atoms with Crippen molar-refractivity contribution in [1.82, 2.24) is 10.2 Å². The van der Waals surface area contributed by atoms with E-state index >= 15 is 0 Å². The Morgan fingerprint density at radius 3 is 2.53 bits per heavy atom. The van der Waals surface area contributed by atoms with Crippen LogP contribution in [0.3, 0.4) is 0 Å². The van der Waals surface area contributed by atoms with Gasteiger partial charge < -0.3 is 15.0 Å². The summed E-state index contributed by atoms with van der Waals surface area (Å²) < 4.78 is 5.94. The standard InChI is InChI=1S/C14H28N2O/c1-3-4-13-5-7-16(8-6-13)9-10-17-14(2)11-15-12-14/h13,15H,3-12H2,1-2H3. The fourth-order valence-electron chi connectivity index (χ4n) is 2.91. The lowest BCUT2D eigenvalue weighted by atomic mass is 9.92. The predicted octanol–water partition coefficient (Wildman–Crippen LogP) is 1.88. The SMILES string of the molecule is CCCC1CCN(CCOC2(C)CNC2)CC1. The van der Waals surface area contributed by atoms with Crippen molar-refractivity contribution in [3.63, 3.8) is 0 Å². The molecule has 3 heteroatoms. The highest BCUT2D eigenvalue weighted by molar-refractivity contribution is 4.90. The number of rotatable bonds is 6. The third-order valence-corrected chi connectivity index (χ3v) is 4.26. The molecule has 0 aromatic heterocycles. The Hall–Kier alpha value is -0.120.